The second-order valence-electron chi connectivity index (χ2n) is 3.05. The molecule has 0 aliphatic carbocycles. The summed E-state index contributed by atoms with van der Waals surface area (Å²) in [5, 5.41) is 0. The molecule has 1 fully saturated rings. The highest BCUT2D eigenvalue weighted by atomic mass is 32.2. The molecule has 0 atom stereocenters. The second-order valence-corrected chi connectivity index (χ2v) is 4.21. The Balaban J connectivity index is 2.40. The molecule has 0 unspecified atom stereocenters. The summed E-state index contributed by atoms with van der Waals surface area (Å²) in [6, 6.07) is 0. The smallest absolute Gasteiger partial charge is 0.238 e. The molecule has 6 nitrogen and oxygen atoms in total. The van der Waals surface area contributed by atoms with E-state index in [4.69, 9.17) is 4.74 Å². The van der Waals surface area contributed by atoms with Gasteiger partial charge >= 0.3 is 0 Å². The topological polar surface area (TPSA) is 66.9 Å². The molecule has 1 saturated heterocycles. The van der Waals surface area contributed by atoms with E-state index in [1.165, 1.54) is 7.05 Å². The Morgan fingerprint density at radius 1 is 1.43 bits per heavy atom. The van der Waals surface area contributed by atoms with Gasteiger partial charge in [0.2, 0.25) is 16.8 Å². The first-order valence-electron chi connectivity index (χ1n) is 4.32. The highest BCUT2D eigenvalue weighted by Crippen LogP contribution is 1.98. The molecule has 7 heteroatoms. The monoisotopic (exact) mass is 222 g/mol. The van der Waals surface area contributed by atoms with Gasteiger partial charge in [0.1, 0.15) is 0 Å². The van der Waals surface area contributed by atoms with Crippen molar-refractivity contribution >= 4 is 16.8 Å². The molecule has 82 valence electrons. The molecule has 0 spiro atoms. The van der Waals surface area contributed by atoms with E-state index in [-0.39, 0.29) is 12.5 Å². The predicted molar refractivity (Wildman–Crippen MR) is 50.3 cm³/mol. The van der Waals surface area contributed by atoms with Gasteiger partial charge in [-0.25, -0.2) is 8.42 Å². The third-order valence-corrected chi connectivity index (χ3v) is 2.71. The van der Waals surface area contributed by atoms with E-state index in [1.807, 2.05) is 0 Å². The summed E-state index contributed by atoms with van der Waals surface area (Å²) in [5.41, 5.74) is 0. The zero-order chi connectivity index (χ0) is 10.6. The standard InChI is InChI=1S/C7H14N2O4S/c1-8(14(11)12)6-7(10)9-2-4-13-5-3-9/h14H,2-6H2,1H3. The quantitative estimate of drug-likeness (QED) is 0.578. The van der Waals surface area contributed by atoms with Gasteiger partial charge in [-0.1, -0.05) is 0 Å². The number of thiol groups is 1. The van der Waals surface area contributed by atoms with Crippen molar-refractivity contribution in [2.75, 3.05) is 39.9 Å². The van der Waals surface area contributed by atoms with Crippen LogP contribution in [0.3, 0.4) is 0 Å². The summed E-state index contributed by atoms with van der Waals surface area (Å²) in [5.74, 6) is -0.171. The normalized spacial score (nSPS) is 17.8. The molecular weight excluding hydrogens is 208 g/mol. The number of ether oxygens (including phenoxy) is 1. The number of likely N-dealkylation sites (N-methyl/N-ethyl adjacent to an activating group) is 1. The lowest BCUT2D eigenvalue weighted by Crippen LogP contribution is -2.44. The van der Waals surface area contributed by atoms with Crippen molar-refractivity contribution in [1.29, 1.82) is 0 Å². The van der Waals surface area contributed by atoms with E-state index < -0.39 is 10.9 Å². The van der Waals surface area contributed by atoms with Crippen molar-refractivity contribution in [2.45, 2.75) is 0 Å². The number of carbonyl (C=O) groups excluding carboxylic acids is 1. The van der Waals surface area contributed by atoms with E-state index >= 15 is 0 Å². The average Bonchev–Trinajstić information content (AvgIpc) is 2.19. The third kappa shape index (κ3) is 3.24. The van der Waals surface area contributed by atoms with Gasteiger partial charge in [-0.05, 0) is 0 Å². The van der Waals surface area contributed by atoms with Gasteiger partial charge in [0, 0.05) is 20.1 Å². The maximum atomic E-state index is 11.5. The van der Waals surface area contributed by atoms with E-state index in [9.17, 15) is 13.2 Å². The summed E-state index contributed by atoms with van der Waals surface area (Å²) in [4.78, 5) is 13.1. The molecule has 0 aromatic carbocycles. The number of amides is 1. The zero-order valence-corrected chi connectivity index (χ0v) is 8.90. The Kier molecular flexibility index (Phi) is 4.30. The molecule has 1 aliphatic rings. The third-order valence-electron chi connectivity index (χ3n) is 2.01. The minimum absolute atomic E-state index is 0.0846. The van der Waals surface area contributed by atoms with Crippen LogP contribution in [-0.2, 0) is 20.4 Å². The fourth-order valence-electron chi connectivity index (χ4n) is 1.17. The Hall–Kier alpha value is -0.660. The number of carbonyl (C=O) groups is 1. The first-order chi connectivity index (χ1) is 6.61. The van der Waals surface area contributed by atoms with Gasteiger partial charge in [0.05, 0.1) is 19.8 Å². The van der Waals surface area contributed by atoms with Crippen molar-refractivity contribution in [1.82, 2.24) is 9.21 Å². The molecular formula is C7H14N2O4S. The summed E-state index contributed by atoms with van der Waals surface area (Å²) >= 11 is 0. The van der Waals surface area contributed by atoms with Crippen LogP contribution in [0.15, 0.2) is 0 Å². The lowest BCUT2D eigenvalue weighted by atomic mass is 10.4. The highest BCUT2D eigenvalue weighted by molar-refractivity contribution is 7.69. The van der Waals surface area contributed by atoms with Crippen LogP contribution in [0.5, 0.6) is 0 Å². The SMILES string of the molecule is CN(CC(=O)N1CCOCC1)[SH](=O)=O. The minimum atomic E-state index is -2.66. The molecule has 1 heterocycles. The highest BCUT2D eigenvalue weighted by Gasteiger charge is 2.18. The van der Waals surface area contributed by atoms with E-state index in [0.29, 0.717) is 26.3 Å². The second kappa shape index (κ2) is 5.28. The van der Waals surface area contributed by atoms with Crippen LogP contribution in [-0.4, -0.2) is 63.4 Å². The van der Waals surface area contributed by atoms with Gasteiger partial charge in [0.25, 0.3) is 0 Å². The van der Waals surface area contributed by atoms with Gasteiger partial charge in [0.15, 0.2) is 0 Å². The number of rotatable bonds is 3. The molecule has 0 saturated carbocycles. The lowest BCUT2D eigenvalue weighted by Gasteiger charge is -2.27. The van der Waals surface area contributed by atoms with Crippen LogP contribution < -0.4 is 0 Å². The van der Waals surface area contributed by atoms with Crippen LogP contribution in [0.25, 0.3) is 0 Å². The summed E-state index contributed by atoms with van der Waals surface area (Å²) in [6.07, 6.45) is 0. The Morgan fingerprint density at radius 3 is 2.50 bits per heavy atom. The first kappa shape index (κ1) is 11.4. The van der Waals surface area contributed by atoms with Gasteiger partial charge in [-0.3, -0.25) is 4.79 Å². The molecule has 1 amide bonds. The van der Waals surface area contributed by atoms with Crippen LogP contribution in [0.1, 0.15) is 0 Å². The largest absolute Gasteiger partial charge is 0.378 e. The van der Waals surface area contributed by atoms with E-state index in [1.54, 1.807) is 4.90 Å². The fourth-order valence-corrected chi connectivity index (χ4v) is 1.40. The maximum absolute atomic E-state index is 11.5. The average molecular weight is 222 g/mol. The predicted octanol–water partition coefficient (Wildman–Crippen LogP) is -1.70. The molecule has 0 radical (unpaired) electrons. The molecule has 0 N–H and O–H groups in total. The maximum Gasteiger partial charge on any atom is 0.238 e. The van der Waals surface area contributed by atoms with Gasteiger partial charge < -0.3 is 9.64 Å². The van der Waals surface area contributed by atoms with Crippen LogP contribution in [0.2, 0.25) is 0 Å². The van der Waals surface area contributed by atoms with Crippen molar-refractivity contribution in [3.8, 4) is 0 Å². The summed E-state index contributed by atoms with van der Waals surface area (Å²) < 4.78 is 27.1. The zero-order valence-electron chi connectivity index (χ0n) is 8.01. The van der Waals surface area contributed by atoms with Crippen LogP contribution >= 0.6 is 0 Å². The number of hydrogen-bond donors (Lipinski definition) is 1. The lowest BCUT2D eigenvalue weighted by molar-refractivity contribution is -0.135. The summed E-state index contributed by atoms with van der Waals surface area (Å²) in [6.45, 7) is 2.06. The van der Waals surface area contributed by atoms with E-state index in [2.05, 4.69) is 0 Å². The molecule has 0 aromatic rings. The Labute approximate surface area is 84.5 Å². The molecule has 1 rings (SSSR count). The van der Waals surface area contributed by atoms with Crippen LogP contribution in [0.4, 0.5) is 0 Å². The fraction of sp³-hybridized carbons (Fsp3) is 0.857. The Morgan fingerprint density at radius 2 is 2.00 bits per heavy atom. The van der Waals surface area contributed by atoms with Crippen molar-refractivity contribution in [2.24, 2.45) is 0 Å². The number of nitrogens with zero attached hydrogens (tertiary/aromatic N) is 2. The van der Waals surface area contributed by atoms with Crippen LogP contribution in [0, 0.1) is 0 Å². The van der Waals surface area contributed by atoms with Crippen molar-refractivity contribution in [3.05, 3.63) is 0 Å². The van der Waals surface area contributed by atoms with Gasteiger partial charge in [-0.15, -0.1) is 0 Å². The van der Waals surface area contributed by atoms with Crippen molar-refractivity contribution in [3.63, 3.8) is 0 Å². The summed E-state index contributed by atoms with van der Waals surface area (Å²) in [7, 11) is -1.28. The molecule has 1 aliphatic heterocycles. The number of hydrogen-bond acceptors (Lipinski definition) is 4. The minimum Gasteiger partial charge on any atom is -0.378 e. The number of morpholine rings is 1. The Bertz CT molecular complexity index is 265. The van der Waals surface area contributed by atoms with E-state index in [0.717, 1.165) is 4.31 Å². The molecule has 0 aromatic heterocycles. The van der Waals surface area contributed by atoms with Crippen molar-refractivity contribution < 1.29 is 17.9 Å². The molecule has 14 heavy (non-hydrogen) atoms. The first-order valence-corrected chi connectivity index (χ1v) is 5.45. The molecule has 0 bridgehead atoms. The van der Waals surface area contributed by atoms with Gasteiger partial charge in [-0.2, -0.15) is 4.31 Å².